The topological polar surface area (TPSA) is 38.7 Å². The van der Waals surface area contributed by atoms with E-state index < -0.39 is 0 Å². The first-order valence-corrected chi connectivity index (χ1v) is 5.89. The molecular formula is C15H16O3. The van der Waals surface area contributed by atoms with Gasteiger partial charge in [0.15, 0.2) is 6.10 Å². The zero-order chi connectivity index (χ0) is 12.6. The Labute approximate surface area is 107 Å². The van der Waals surface area contributed by atoms with Crippen molar-refractivity contribution in [2.24, 2.45) is 0 Å². The van der Waals surface area contributed by atoms with Gasteiger partial charge in [-0.25, -0.2) is 0 Å². The van der Waals surface area contributed by atoms with Crippen molar-refractivity contribution < 1.29 is 14.6 Å². The molecule has 2 aromatic carbocycles. The maximum atomic E-state index is 9.26. The largest absolute Gasteiger partial charge is 0.490 e. The molecule has 0 fully saturated rings. The van der Waals surface area contributed by atoms with Crippen LogP contribution in [-0.4, -0.2) is 24.4 Å². The second-order valence-corrected chi connectivity index (χ2v) is 3.86. The van der Waals surface area contributed by atoms with E-state index in [0.29, 0.717) is 6.61 Å². The minimum absolute atomic E-state index is 0.0816. The Bertz CT molecular complexity index is 442. The smallest absolute Gasteiger partial charge is 0.155 e. The van der Waals surface area contributed by atoms with Crippen molar-refractivity contribution in [3.63, 3.8) is 0 Å². The van der Waals surface area contributed by atoms with Gasteiger partial charge >= 0.3 is 0 Å². The lowest BCUT2D eigenvalue weighted by Gasteiger charge is -2.17. The van der Waals surface area contributed by atoms with Gasteiger partial charge in [-0.3, -0.25) is 0 Å². The van der Waals surface area contributed by atoms with E-state index in [2.05, 4.69) is 0 Å². The van der Waals surface area contributed by atoms with Crippen molar-refractivity contribution in [2.45, 2.75) is 6.10 Å². The van der Waals surface area contributed by atoms with E-state index >= 15 is 0 Å². The van der Waals surface area contributed by atoms with Crippen LogP contribution in [0.5, 0.6) is 11.5 Å². The van der Waals surface area contributed by atoms with E-state index in [1.165, 1.54) is 0 Å². The van der Waals surface area contributed by atoms with Crippen LogP contribution in [0.25, 0.3) is 0 Å². The van der Waals surface area contributed by atoms with Crippen molar-refractivity contribution in [3.8, 4) is 11.5 Å². The highest BCUT2D eigenvalue weighted by Gasteiger charge is 2.10. The van der Waals surface area contributed by atoms with Crippen LogP contribution in [0.15, 0.2) is 60.7 Å². The van der Waals surface area contributed by atoms with E-state index in [1.54, 1.807) is 0 Å². The Morgan fingerprint density at radius 1 is 0.833 bits per heavy atom. The molecular weight excluding hydrogens is 228 g/mol. The van der Waals surface area contributed by atoms with Crippen molar-refractivity contribution in [3.05, 3.63) is 60.7 Å². The second kappa shape index (κ2) is 6.67. The SMILES string of the molecule is OCC(COc1ccccc1)Oc1ccccc1. The van der Waals surface area contributed by atoms with Crippen LogP contribution in [0.1, 0.15) is 0 Å². The van der Waals surface area contributed by atoms with Gasteiger partial charge < -0.3 is 14.6 Å². The van der Waals surface area contributed by atoms with E-state index in [4.69, 9.17) is 9.47 Å². The number of aliphatic hydroxyl groups excluding tert-OH is 1. The van der Waals surface area contributed by atoms with Gasteiger partial charge in [-0.05, 0) is 24.3 Å². The normalized spacial score (nSPS) is 11.8. The third-order valence-corrected chi connectivity index (χ3v) is 2.43. The minimum Gasteiger partial charge on any atom is -0.490 e. The van der Waals surface area contributed by atoms with Crippen LogP contribution < -0.4 is 9.47 Å². The van der Waals surface area contributed by atoms with Gasteiger partial charge in [-0.15, -0.1) is 0 Å². The number of ether oxygens (including phenoxy) is 2. The molecule has 0 aliphatic heterocycles. The number of hydrogen-bond acceptors (Lipinski definition) is 3. The Morgan fingerprint density at radius 3 is 1.94 bits per heavy atom. The lowest BCUT2D eigenvalue weighted by Crippen LogP contribution is -2.28. The van der Waals surface area contributed by atoms with Gasteiger partial charge in [0.2, 0.25) is 0 Å². The zero-order valence-electron chi connectivity index (χ0n) is 10.0. The summed E-state index contributed by atoms with van der Waals surface area (Å²) < 4.78 is 11.2. The van der Waals surface area contributed by atoms with Gasteiger partial charge in [0.25, 0.3) is 0 Å². The van der Waals surface area contributed by atoms with E-state index in [0.717, 1.165) is 11.5 Å². The first-order chi connectivity index (χ1) is 8.88. The van der Waals surface area contributed by atoms with E-state index in [1.807, 2.05) is 60.7 Å². The standard InChI is InChI=1S/C15H16O3/c16-11-15(18-14-9-5-2-6-10-14)12-17-13-7-3-1-4-8-13/h1-10,15-16H,11-12H2. The highest BCUT2D eigenvalue weighted by molar-refractivity contribution is 5.22. The fourth-order valence-electron chi connectivity index (χ4n) is 1.52. The van der Waals surface area contributed by atoms with Crippen molar-refractivity contribution in [1.29, 1.82) is 0 Å². The molecule has 2 rings (SSSR count). The van der Waals surface area contributed by atoms with Crippen LogP contribution in [-0.2, 0) is 0 Å². The number of rotatable bonds is 6. The highest BCUT2D eigenvalue weighted by atomic mass is 16.5. The fraction of sp³-hybridized carbons (Fsp3) is 0.200. The van der Waals surface area contributed by atoms with Crippen LogP contribution in [0, 0.1) is 0 Å². The summed E-state index contributed by atoms with van der Waals surface area (Å²) in [5, 5.41) is 9.26. The summed E-state index contributed by atoms with van der Waals surface area (Å²) in [5.41, 5.74) is 0. The molecule has 18 heavy (non-hydrogen) atoms. The molecule has 1 atom stereocenters. The summed E-state index contributed by atoms with van der Waals surface area (Å²) in [4.78, 5) is 0. The molecule has 0 heterocycles. The Balaban J connectivity index is 1.86. The average Bonchev–Trinajstić information content (AvgIpc) is 2.45. The molecule has 1 unspecified atom stereocenters. The molecule has 0 amide bonds. The number of hydrogen-bond donors (Lipinski definition) is 1. The monoisotopic (exact) mass is 244 g/mol. The van der Waals surface area contributed by atoms with Crippen LogP contribution in [0.3, 0.4) is 0 Å². The Hall–Kier alpha value is -2.00. The molecule has 0 radical (unpaired) electrons. The van der Waals surface area contributed by atoms with Crippen LogP contribution in [0.2, 0.25) is 0 Å². The molecule has 0 bridgehead atoms. The Morgan fingerprint density at radius 2 is 1.39 bits per heavy atom. The summed E-state index contributed by atoms with van der Waals surface area (Å²) in [7, 11) is 0. The minimum atomic E-state index is -0.368. The zero-order valence-corrected chi connectivity index (χ0v) is 10.0. The molecule has 94 valence electrons. The maximum absolute atomic E-state index is 9.26. The predicted molar refractivity (Wildman–Crippen MR) is 69.9 cm³/mol. The van der Waals surface area contributed by atoms with E-state index in [9.17, 15) is 5.11 Å². The molecule has 0 aromatic heterocycles. The Kier molecular flexibility index (Phi) is 4.61. The molecule has 3 nitrogen and oxygen atoms in total. The molecule has 0 aliphatic rings. The van der Waals surface area contributed by atoms with E-state index in [-0.39, 0.29) is 12.7 Å². The van der Waals surface area contributed by atoms with Crippen molar-refractivity contribution in [2.75, 3.05) is 13.2 Å². The predicted octanol–water partition coefficient (Wildman–Crippen LogP) is 2.51. The second-order valence-electron chi connectivity index (χ2n) is 3.86. The summed E-state index contributed by atoms with van der Waals surface area (Å²) >= 11 is 0. The third kappa shape index (κ3) is 3.79. The van der Waals surface area contributed by atoms with Crippen LogP contribution in [0.4, 0.5) is 0 Å². The molecule has 0 aliphatic carbocycles. The third-order valence-electron chi connectivity index (χ3n) is 2.43. The highest BCUT2D eigenvalue weighted by Crippen LogP contribution is 2.13. The lowest BCUT2D eigenvalue weighted by molar-refractivity contribution is 0.0718. The molecule has 0 saturated carbocycles. The van der Waals surface area contributed by atoms with Gasteiger partial charge in [-0.1, -0.05) is 36.4 Å². The van der Waals surface area contributed by atoms with Crippen molar-refractivity contribution in [1.82, 2.24) is 0 Å². The van der Waals surface area contributed by atoms with Gasteiger partial charge in [0.1, 0.15) is 18.1 Å². The van der Waals surface area contributed by atoms with Gasteiger partial charge in [0, 0.05) is 0 Å². The quantitative estimate of drug-likeness (QED) is 0.848. The summed E-state index contributed by atoms with van der Waals surface area (Å²) in [6.07, 6.45) is -0.368. The van der Waals surface area contributed by atoms with Gasteiger partial charge in [-0.2, -0.15) is 0 Å². The lowest BCUT2D eigenvalue weighted by atomic mass is 10.3. The molecule has 3 heteroatoms. The van der Waals surface area contributed by atoms with Crippen molar-refractivity contribution >= 4 is 0 Å². The number of benzene rings is 2. The average molecular weight is 244 g/mol. The first-order valence-electron chi connectivity index (χ1n) is 5.89. The number of aliphatic hydroxyl groups is 1. The molecule has 0 saturated heterocycles. The number of para-hydroxylation sites is 2. The molecule has 0 spiro atoms. The fourth-order valence-corrected chi connectivity index (χ4v) is 1.52. The molecule has 2 aromatic rings. The van der Waals surface area contributed by atoms with Crippen LogP contribution >= 0.6 is 0 Å². The summed E-state index contributed by atoms with van der Waals surface area (Å²) in [5.74, 6) is 1.50. The maximum Gasteiger partial charge on any atom is 0.155 e. The summed E-state index contributed by atoms with van der Waals surface area (Å²) in [6.45, 7) is 0.233. The summed E-state index contributed by atoms with van der Waals surface area (Å²) in [6, 6.07) is 18.9. The van der Waals surface area contributed by atoms with Gasteiger partial charge in [0.05, 0.1) is 6.61 Å². The first kappa shape index (κ1) is 12.5. The molecule has 1 N–H and O–H groups in total.